The number of carboxylic acids is 1. The van der Waals surface area contributed by atoms with E-state index < -0.39 is 39.7 Å². The highest BCUT2D eigenvalue weighted by Gasteiger charge is 2.68. The van der Waals surface area contributed by atoms with Crippen molar-refractivity contribution in [2.45, 2.75) is 93.1 Å². The van der Waals surface area contributed by atoms with E-state index in [-0.39, 0.29) is 54.2 Å². The van der Waals surface area contributed by atoms with Crippen LogP contribution in [0.2, 0.25) is 0 Å². The fraction of sp³-hybridized carbons (Fsp3) is 0.700. The van der Waals surface area contributed by atoms with E-state index in [1.807, 2.05) is 41.5 Å². The molecule has 1 saturated carbocycles. The van der Waals surface area contributed by atoms with Gasteiger partial charge in [-0.3, -0.25) is 24.0 Å². The Bertz CT molecular complexity index is 1170. The lowest BCUT2D eigenvalue weighted by atomic mass is 9.42. The van der Waals surface area contributed by atoms with Crippen molar-refractivity contribution in [2.75, 3.05) is 0 Å². The Morgan fingerprint density at radius 2 is 1.68 bits per heavy atom. The van der Waals surface area contributed by atoms with Gasteiger partial charge in [0.25, 0.3) is 0 Å². The van der Waals surface area contributed by atoms with Crippen LogP contribution in [0.1, 0.15) is 87.0 Å². The monoisotopic (exact) mass is 512 g/mol. The van der Waals surface area contributed by atoms with E-state index in [4.69, 9.17) is 5.11 Å². The van der Waals surface area contributed by atoms with Crippen molar-refractivity contribution in [1.29, 1.82) is 0 Å². The second-order valence-corrected chi connectivity index (χ2v) is 13.3. The fourth-order valence-electron chi connectivity index (χ4n) is 8.36. The van der Waals surface area contributed by atoms with Gasteiger partial charge in [0.2, 0.25) is 0 Å². The highest BCUT2D eigenvalue weighted by molar-refractivity contribution is 6.10. The standard InChI is InChI=1S/C30H40O7/c1-15(10-17(31)11-16(2)26(36)37)18-12-23(35)30(7)25-19(32)13-21-27(3,4)22(34)8-9-28(21,5)24(25)20(33)14-29(18,30)6/h12,15-16,19,21,32H,8-11,13-14H2,1-7H3,(H,36,37)/t15-,16?,19+,21?,28+,29-,30+/m1/s1. The Hall–Kier alpha value is -2.41. The molecule has 0 bridgehead atoms. The predicted octanol–water partition coefficient (Wildman–Crippen LogP) is 4.26. The first-order valence-corrected chi connectivity index (χ1v) is 13.4. The number of carbonyl (C=O) groups is 5. The molecule has 4 aliphatic carbocycles. The molecule has 4 rings (SSSR count). The van der Waals surface area contributed by atoms with Gasteiger partial charge in [0.1, 0.15) is 11.6 Å². The van der Waals surface area contributed by atoms with Crippen molar-refractivity contribution in [1.82, 2.24) is 0 Å². The van der Waals surface area contributed by atoms with E-state index >= 15 is 0 Å². The van der Waals surface area contributed by atoms with E-state index in [0.29, 0.717) is 30.4 Å². The Morgan fingerprint density at radius 1 is 1.05 bits per heavy atom. The number of allylic oxidation sites excluding steroid dienone is 3. The highest BCUT2D eigenvalue weighted by atomic mass is 16.4. The van der Waals surface area contributed by atoms with Gasteiger partial charge in [0.15, 0.2) is 11.6 Å². The summed E-state index contributed by atoms with van der Waals surface area (Å²) in [7, 11) is 0. The number of carbonyl (C=O) groups excluding carboxylic acids is 4. The molecule has 1 fully saturated rings. The zero-order valence-corrected chi connectivity index (χ0v) is 23.1. The molecule has 0 amide bonds. The van der Waals surface area contributed by atoms with Gasteiger partial charge in [-0.05, 0) is 43.3 Å². The summed E-state index contributed by atoms with van der Waals surface area (Å²) in [4.78, 5) is 64.5. The average molecular weight is 513 g/mol. The SMILES string of the molecule is CC(CC(=O)C[C@@H](C)C1=CC(=O)[C@@]2(C)C3=C(C(=O)C[C@]12C)[C@@]1(C)CCC(=O)C(C)(C)C1C[C@@H]3O)C(=O)O. The lowest BCUT2D eigenvalue weighted by Crippen LogP contribution is -2.59. The number of aliphatic hydroxyl groups is 1. The molecule has 0 heterocycles. The van der Waals surface area contributed by atoms with Crippen LogP contribution in [0.5, 0.6) is 0 Å². The first kappa shape index (κ1) is 27.6. The molecule has 0 aromatic carbocycles. The van der Waals surface area contributed by atoms with Crippen LogP contribution in [0.4, 0.5) is 0 Å². The van der Waals surface area contributed by atoms with Crippen LogP contribution in [0.25, 0.3) is 0 Å². The lowest BCUT2D eigenvalue weighted by Gasteiger charge is -2.60. The van der Waals surface area contributed by atoms with Gasteiger partial charge in [-0.15, -0.1) is 0 Å². The van der Waals surface area contributed by atoms with Crippen LogP contribution in [0, 0.1) is 39.4 Å². The highest BCUT2D eigenvalue weighted by Crippen LogP contribution is 2.69. The Balaban J connectivity index is 1.76. The first-order valence-electron chi connectivity index (χ1n) is 13.4. The molecule has 7 nitrogen and oxygen atoms in total. The van der Waals surface area contributed by atoms with Crippen molar-refractivity contribution >= 4 is 29.1 Å². The zero-order valence-electron chi connectivity index (χ0n) is 23.1. The average Bonchev–Trinajstić information content (AvgIpc) is 2.99. The quantitative estimate of drug-likeness (QED) is 0.545. The Kier molecular flexibility index (Phi) is 6.38. The maximum absolute atomic E-state index is 14.0. The van der Waals surface area contributed by atoms with Crippen LogP contribution in [-0.2, 0) is 24.0 Å². The number of Topliss-reactive ketones (excluding diaryl/α,β-unsaturated/α-hetero) is 3. The molecule has 202 valence electrons. The zero-order chi connectivity index (χ0) is 27.9. The molecule has 0 aromatic heterocycles. The van der Waals surface area contributed by atoms with Gasteiger partial charge < -0.3 is 10.2 Å². The van der Waals surface area contributed by atoms with Gasteiger partial charge in [-0.1, -0.05) is 47.1 Å². The van der Waals surface area contributed by atoms with Crippen LogP contribution >= 0.6 is 0 Å². The molecule has 0 spiro atoms. The van der Waals surface area contributed by atoms with Gasteiger partial charge in [0, 0.05) is 47.5 Å². The van der Waals surface area contributed by atoms with Gasteiger partial charge in [0.05, 0.1) is 17.4 Å². The van der Waals surface area contributed by atoms with E-state index in [1.54, 1.807) is 6.08 Å². The molecular formula is C30H40O7. The van der Waals surface area contributed by atoms with Crippen LogP contribution in [0.15, 0.2) is 22.8 Å². The molecule has 2 unspecified atom stereocenters. The number of ketones is 4. The maximum Gasteiger partial charge on any atom is 0.306 e. The smallest absolute Gasteiger partial charge is 0.306 e. The van der Waals surface area contributed by atoms with Crippen molar-refractivity contribution in [2.24, 2.45) is 39.4 Å². The minimum atomic E-state index is -1.13. The summed E-state index contributed by atoms with van der Waals surface area (Å²) >= 11 is 0. The van der Waals surface area contributed by atoms with Crippen LogP contribution in [-0.4, -0.2) is 45.4 Å². The van der Waals surface area contributed by atoms with Gasteiger partial charge in [-0.25, -0.2) is 0 Å². The van der Waals surface area contributed by atoms with Crippen LogP contribution in [0.3, 0.4) is 0 Å². The van der Waals surface area contributed by atoms with E-state index in [0.717, 1.165) is 5.57 Å². The fourth-order valence-corrected chi connectivity index (χ4v) is 8.36. The molecule has 7 atom stereocenters. The molecule has 0 aromatic rings. The Labute approximate surface area is 218 Å². The summed E-state index contributed by atoms with van der Waals surface area (Å²) in [5, 5.41) is 20.7. The largest absolute Gasteiger partial charge is 0.481 e. The van der Waals surface area contributed by atoms with E-state index in [2.05, 4.69) is 0 Å². The minimum Gasteiger partial charge on any atom is -0.481 e. The molecule has 4 aliphatic rings. The van der Waals surface area contributed by atoms with Crippen molar-refractivity contribution in [3.05, 3.63) is 22.8 Å². The normalized spacial score (nSPS) is 38.4. The summed E-state index contributed by atoms with van der Waals surface area (Å²) in [6.07, 6.45) is 1.83. The van der Waals surface area contributed by atoms with Crippen molar-refractivity contribution in [3.8, 4) is 0 Å². The number of carboxylic acid groups (broad SMARTS) is 1. The molecule has 37 heavy (non-hydrogen) atoms. The number of fused-ring (bicyclic) bond motifs is 4. The minimum absolute atomic E-state index is 0.0845. The second kappa shape index (κ2) is 8.55. The first-order chi connectivity index (χ1) is 16.9. The lowest BCUT2D eigenvalue weighted by molar-refractivity contribution is -0.145. The predicted molar refractivity (Wildman–Crippen MR) is 136 cm³/mol. The van der Waals surface area contributed by atoms with Crippen molar-refractivity contribution in [3.63, 3.8) is 0 Å². The molecule has 2 N–H and O–H groups in total. The molecular weight excluding hydrogens is 472 g/mol. The summed E-state index contributed by atoms with van der Waals surface area (Å²) in [5.74, 6) is -2.70. The summed E-state index contributed by atoms with van der Waals surface area (Å²) in [5.41, 5.74) is -1.55. The number of rotatable bonds is 6. The van der Waals surface area contributed by atoms with Gasteiger partial charge >= 0.3 is 5.97 Å². The molecule has 7 heteroatoms. The summed E-state index contributed by atoms with van der Waals surface area (Å²) < 4.78 is 0. The third-order valence-corrected chi connectivity index (χ3v) is 10.7. The number of hydrogen-bond acceptors (Lipinski definition) is 6. The van der Waals surface area contributed by atoms with Crippen LogP contribution < -0.4 is 0 Å². The maximum atomic E-state index is 14.0. The molecule has 0 saturated heterocycles. The summed E-state index contributed by atoms with van der Waals surface area (Å²) in [6, 6.07) is 0. The molecule has 0 radical (unpaired) electrons. The second-order valence-electron chi connectivity index (χ2n) is 13.3. The van der Waals surface area contributed by atoms with E-state index in [1.165, 1.54) is 6.92 Å². The molecule has 0 aliphatic heterocycles. The van der Waals surface area contributed by atoms with Crippen molar-refractivity contribution < 1.29 is 34.2 Å². The Morgan fingerprint density at radius 3 is 2.27 bits per heavy atom. The topological polar surface area (TPSA) is 126 Å². The number of hydrogen-bond donors (Lipinski definition) is 2. The number of aliphatic hydroxyl groups excluding tert-OH is 1. The third-order valence-electron chi connectivity index (χ3n) is 10.7. The summed E-state index contributed by atoms with van der Waals surface area (Å²) in [6.45, 7) is 12.9. The number of aliphatic carboxylic acids is 1. The van der Waals surface area contributed by atoms with Gasteiger partial charge in [-0.2, -0.15) is 0 Å². The third kappa shape index (κ3) is 3.67. The van der Waals surface area contributed by atoms with E-state index in [9.17, 15) is 29.1 Å².